The van der Waals surface area contributed by atoms with E-state index < -0.39 is 0 Å². The van der Waals surface area contributed by atoms with E-state index in [1.165, 1.54) is 0 Å². The predicted molar refractivity (Wildman–Crippen MR) is 63.0 cm³/mol. The molecule has 1 amide bonds. The van der Waals surface area contributed by atoms with Crippen LogP contribution in [0.1, 0.15) is 30.8 Å². The number of nitrogens with two attached hydrogens (primary N) is 1. The number of amides is 1. The number of nitrogens with zero attached hydrogens (tertiary/aromatic N) is 2. The van der Waals surface area contributed by atoms with Crippen LogP contribution in [-0.2, 0) is 7.05 Å². The molecule has 90 valence electrons. The summed E-state index contributed by atoms with van der Waals surface area (Å²) >= 11 is 0. The van der Waals surface area contributed by atoms with Crippen LogP contribution in [0.2, 0.25) is 0 Å². The molecule has 16 heavy (non-hydrogen) atoms. The van der Waals surface area contributed by atoms with Gasteiger partial charge in [-0.3, -0.25) is 4.79 Å². The third-order valence-corrected chi connectivity index (χ3v) is 2.35. The Kier molecular flexibility index (Phi) is 4.49. The summed E-state index contributed by atoms with van der Waals surface area (Å²) < 4.78 is 1.68. The van der Waals surface area contributed by atoms with Crippen LogP contribution in [-0.4, -0.2) is 28.0 Å². The average molecular weight is 224 g/mol. The molecule has 0 saturated heterocycles. The van der Waals surface area contributed by atoms with Crippen molar-refractivity contribution in [1.82, 2.24) is 14.9 Å². The van der Waals surface area contributed by atoms with Gasteiger partial charge in [-0.15, -0.1) is 0 Å². The van der Waals surface area contributed by atoms with Crippen molar-refractivity contribution in [2.75, 3.05) is 6.54 Å². The fourth-order valence-corrected chi connectivity index (χ4v) is 1.58. The number of aryl methyl sites for hydroxylation is 1. The van der Waals surface area contributed by atoms with Crippen molar-refractivity contribution in [2.45, 2.75) is 26.3 Å². The fraction of sp³-hybridized carbons (Fsp3) is 0.636. The van der Waals surface area contributed by atoms with Crippen LogP contribution >= 0.6 is 0 Å². The van der Waals surface area contributed by atoms with E-state index in [1.54, 1.807) is 24.1 Å². The minimum atomic E-state index is -0.126. The third kappa shape index (κ3) is 3.66. The lowest BCUT2D eigenvalue weighted by molar-refractivity contribution is 0.0942. The van der Waals surface area contributed by atoms with E-state index in [4.69, 9.17) is 5.73 Å². The van der Waals surface area contributed by atoms with E-state index in [9.17, 15) is 4.79 Å². The lowest BCUT2D eigenvalue weighted by Crippen LogP contribution is -2.38. The Morgan fingerprint density at radius 3 is 2.81 bits per heavy atom. The van der Waals surface area contributed by atoms with Gasteiger partial charge in [-0.25, -0.2) is 4.98 Å². The van der Waals surface area contributed by atoms with Gasteiger partial charge in [0.05, 0.1) is 12.5 Å². The molecule has 0 aromatic carbocycles. The number of carbonyl (C=O) groups is 1. The largest absolute Gasteiger partial charge is 0.349 e. The molecule has 0 aliphatic rings. The van der Waals surface area contributed by atoms with E-state index in [1.807, 2.05) is 0 Å². The molecule has 1 rings (SSSR count). The number of rotatable bonds is 5. The van der Waals surface area contributed by atoms with Gasteiger partial charge in [0, 0.05) is 19.6 Å². The molecular weight excluding hydrogens is 204 g/mol. The highest BCUT2D eigenvalue weighted by Gasteiger charge is 2.11. The van der Waals surface area contributed by atoms with Gasteiger partial charge in [-0.2, -0.15) is 0 Å². The Morgan fingerprint density at radius 2 is 2.31 bits per heavy atom. The summed E-state index contributed by atoms with van der Waals surface area (Å²) in [5, 5.41) is 2.81. The molecule has 1 atom stereocenters. The van der Waals surface area contributed by atoms with E-state index in [0.717, 1.165) is 6.42 Å². The van der Waals surface area contributed by atoms with Gasteiger partial charge in [-0.05, 0) is 12.3 Å². The molecular formula is C11H20N4O. The van der Waals surface area contributed by atoms with E-state index in [0.29, 0.717) is 18.2 Å². The van der Waals surface area contributed by atoms with Crippen LogP contribution < -0.4 is 11.1 Å². The van der Waals surface area contributed by atoms with Crippen LogP contribution in [0.4, 0.5) is 0 Å². The van der Waals surface area contributed by atoms with Crippen LogP contribution in [0.15, 0.2) is 12.5 Å². The highest BCUT2D eigenvalue weighted by molar-refractivity contribution is 5.92. The van der Waals surface area contributed by atoms with Crippen molar-refractivity contribution in [3.63, 3.8) is 0 Å². The topological polar surface area (TPSA) is 72.9 Å². The van der Waals surface area contributed by atoms with Crippen LogP contribution in [0.3, 0.4) is 0 Å². The number of nitrogens with one attached hydrogen (secondary N) is 1. The molecule has 0 aliphatic carbocycles. The van der Waals surface area contributed by atoms with Crippen molar-refractivity contribution in [3.05, 3.63) is 18.2 Å². The smallest absolute Gasteiger partial charge is 0.269 e. The summed E-state index contributed by atoms with van der Waals surface area (Å²) in [6.07, 6.45) is 4.05. The highest BCUT2D eigenvalue weighted by Crippen LogP contribution is 2.02. The molecule has 5 heteroatoms. The zero-order valence-electron chi connectivity index (χ0n) is 10.1. The van der Waals surface area contributed by atoms with Gasteiger partial charge in [0.25, 0.3) is 5.91 Å². The monoisotopic (exact) mass is 224 g/mol. The van der Waals surface area contributed by atoms with Crippen molar-refractivity contribution < 1.29 is 4.79 Å². The molecule has 0 bridgehead atoms. The molecule has 1 unspecified atom stereocenters. The minimum absolute atomic E-state index is 0.0113. The highest BCUT2D eigenvalue weighted by atomic mass is 16.1. The van der Waals surface area contributed by atoms with Gasteiger partial charge < -0.3 is 15.6 Å². The van der Waals surface area contributed by atoms with E-state index >= 15 is 0 Å². The maximum atomic E-state index is 11.7. The van der Waals surface area contributed by atoms with Gasteiger partial charge in [0.2, 0.25) is 0 Å². The zero-order chi connectivity index (χ0) is 12.1. The second-order valence-electron chi connectivity index (χ2n) is 4.49. The quantitative estimate of drug-likeness (QED) is 0.766. The summed E-state index contributed by atoms with van der Waals surface area (Å²) in [6, 6.07) is 0.0113. The molecule has 0 aliphatic heterocycles. The Hall–Kier alpha value is -1.36. The van der Waals surface area contributed by atoms with Gasteiger partial charge in [0.1, 0.15) is 5.69 Å². The lowest BCUT2D eigenvalue weighted by atomic mass is 10.0. The predicted octanol–water partition coefficient (Wildman–Crippen LogP) is 0.523. The molecule has 0 fully saturated rings. The maximum Gasteiger partial charge on any atom is 0.269 e. The van der Waals surface area contributed by atoms with Crippen LogP contribution in [0.25, 0.3) is 0 Å². The first-order valence-corrected chi connectivity index (χ1v) is 5.50. The van der Waals surface area contributed by atoms with E-state index in [-0.39, 0.29) is 11.9 Å². The Balaban J connectivity index is 2.39. The SMILES string of the molecule is CC(C)CC(N)CNC(=O)c1cncn1C. The number of hydrogen-bond acceptors (Lipinski definition) is 3. The first-order valence-electron chi connectivity index (χ1n) is 5.50. The Labute approximate surface area is 96.0 Å². The molecule has 1 aromatic rings. The average Bonchev–Trinajstić information content (AvgIpc) is 2.60. The van der Waals surface area contributed by atoms with Crippen LogP contribution in [0, 0.1) is 5.92 Å². The van der Waals surface area contributed by atoms with Gasteiger partial charge in [-0.1, -0.05) is 13.8 Å². The van der Waals surface area contributed by atoms with E-state index in [2.05, 4.69) is 24.1 Å². The molecule has 1 heterocycles. The summed E-state index contributed by atoms with van der Waals surface area (Å²) in [5.41, 5.74) is 6.43. The molecule has 1 aromatic heterocycles. The Morgan fingerprint density at radius 1 is 1.62 bits per heavy atom. The van der Waals surface area contributed by atoms with Crippen molar-refractivity contribution in [2.24, 2.45) is 18.7 Å². The summed E-state index contributed by atoms with van der Waals surface area (Å²) in [4.78, 5) is 15.6. The maximum absolute atomic E-state index is 11.7. The summed E-state index contributed by atoms with van der Waals surface area (Å²) in [5.74, 6) is 0.419. The first kappa shape index (κ1) is 12.7. The number of hydrogen-bond donors (Lipinski definition) is 2. The number of aromatic nitrogens is 2. The fourth-order valence-electron chi connectivity index (χ4n) is 1.58. The molecule has 3 N–H and O–H groups in total. The van der Waals surface area contributed by atoms with Gasteiger partial charge >= 0.3 is 0 Å². The third-order valence-electron chi connectivity index (χ3n) is 2.35. The van der Waals surface area contributed by atoms with Crippen LogP contribution in [0.5, 0.6) is 0 Å². The number of carbonyl (C=O) groups excluding carboxylic acids is 1. The second kappa shape index (κ2) is 5.65. The first-order chi connectivity index (χ1) is 7.50. The Bertz CT molecular complexity index is 346. The second-order valence-corrected chi connectivity index (χ2v) is 4.49. The summed E-state index contributed by atoms with van der Waals surface area (Å²) in [7, 11) is 1.79. The molecule has 0 radical (unpaired) electrons. The molecule has 0 spiro atoms. The number of imidazole rings is 1. The lowest BCUT2D eigenvalue weighted by Gasteiger charge is -2.14. The molecule has 5 nitrogen and oxygen atoms in total. The zero-order valence-corrected chi connectivity index (χ0v) is 10.1. The normalized spacial score (nSPS) is 12.8. The van der Waals surface area contributed by atoms with Crippen molar-refractivity contribution in [3.8, 4) is 0 Å². The molecule has 0 saturated carbocycles. The van der Waals surface area contributed by atoms with Crippen molar-refractivity contribution in [1.29, 1.82) is 0 Å². The summed E-state index contributed by atoms with van der Waals surface area (Å²) in [6.45, 7) is 4.73. The minimum Gasteiger partial charge on any atom is -0.349 e. The standard InChI is InChI=1S/C11H20N4O/c1-8(2)4-9(12)5-14-11(16)10-6-13-7-15(10)3/h6-9H,4-5,12H2,1-3H3,(H,14,16). The van der Waals surface area contributed by atoms with Crippen molar-refractivity contribution >= 4 is 5.91 Å². The van der Waals surface area contributed by atoms with Gasteiger partial charge in [0.15, 0.2) is 0 Å².